The molecule has 0 radical (unpaired) electrons. The number of amides is 1. The molecule has 3 aromatic rings. The molecule has 2 N–H and O–H groups in total. The van der Waals surface area contributed by atoms with Gasteiger partial charge in [-0.15, -0.1) is 0 Å². The predicted octanol–water partition coefficient (Wildman–Crippen LogP) is 4.26. The Morgan fingerprint density at radius 1 is 0.972 bits per heavy atom. The monoisotopic (exact) mass is 486 g/mol. The van der Waals surface area contributed by atoms with E-state index in [-0.39, 0.29) is 11.3 Å². The minimum atomic E-state index is -2.19. The van der Waals surface area contributed by atoms with Gasteiger partial charge in [-0.2, -0.15) is 0 Å². The number of para-hydroxylation sites is 1. The number of methoxy groups -OCH3 is 1. The van der Waals surface area contributed by atoms with Gasteiger partial charge in [-0.3, -0.25) is 14.5 Å². The maximum absolute atomic E-state index is 13.6. The molecule has 1 amide bonds. The van der Waals surface area contributed by atoms with E-state index in [1.807, 2.05) is 13.8 Å². The van der Waals surface area contributed by atoms with Crippen LogP contribution in [0.3, 0.4) is 0 Å². The van der Waals surface area contributed by atoms with Crippen LogP contribution < -0.4 is 15.0 Å². The van der Waals surface area contributed by atoms with Gasteiger partial charge in [-0.25, -0.2) is 4.79 Å². The Bertz CT molecular complexity index is 1320. The molecule has 0 aromatic heterocycles. The Labute approximate surface area is 208 Å². The molecule has 8 nitrogen and oxygen atoms in total. The summed E-state index contributed by atoms with van der Waals surface area (Å²) in [7, 11) is 1.15. The zero-order chi connectivity index (χ0) is 25.9. The first-order chi connectivity index (χ1) is 17.3. The molecule has 1 unspecified atom stereocenters. The smallest absolute Gasteiger partial charge is 0.358 e. The lowest BCUT2D eigenvalue weighted by atomic mass is 9.93. The number of aliphatic hydroxyl groups is 1. The molecule has 8 heteroatoms. The van der Waals surface area contributed by atoms with Gasteiger partial charge < -0.3 is 19.9 Å². The first-order valence-corrected chi connectivity index (χ1v) is 11.4. The second-order valence-electron chi connectivity index (χ2n) is 8.18. The van der Waals surface area contributed by atoms with Crippen LogP contribution in [0.4, 0.5) is 11.4 Å². The topological polar surface area (TPSA) is 105 Å². The van der Waals surface area contributed by atoms with Crippen molar-refractivity contribution in [3.05, 3.63) is 95.6 Å². The van der Waals surface area contributed by atoms with Crippen molar-refractivity contribution in [2.75, 3.05) is 23.9 Å². The maximum atomic E-state index is 13.6. The molecule has 4 rings (SSSR count). The first-order valence-electron chi connectivity index (χ1n) is 11.4. The van der Waals surface area contributed by atoms with Crippen molar-refractivity contribution in [1.29, 1.82) is 0 Å². The number of aryl methyl sites for hydroxylation is 1. The Morgan fingerprint density at radius 2 is 1.61 bits per heavy atom. The van der Waals surface area contributed by atoms with Crippen LogP contribution in [-0.2, 0) is 19.1 Å². The molecule has 1 fully saturated rings. The van der Waals surface area contributed by atoms with Gasteiger partial charge in [0.1, 0.15) is 17.1 Å². The van der Waals surface area contributed by atoms with Crippen molar-refractivity contribution in [3.8, 4) is 5.75 Å². The fourth-order valence-electron chi connectivity index (χ4n) is 4.18. The van der Waals surface area contributed by atoms with E-state index < -0.39 is 34.7 Å². The van der Waals surface area contributed by atoms with Crippen LogP contribution in [0.5, 0.6) is 5.75 Å². The van der Waals surface area contributed by atoms with E-state index >= 15 is 0 Å². The van der Waals surface area contributed by atoms with Gasteiger partial charge in [-0.1, -0.05) is 48.0 Å². The summed E-state index contributed by atoms with van der Waals surface area (Å²) in [6, 6.07) is 21.7. The van der Waals surface area contributed by atoms with Crippen LogP contribution in [-0.4, -0.2) is 42.1 Å². The van der Waals surface area contributed by atoms with Gasteiger partial charge in [0.05, 0.1) is 13.7 Å². The zero-order valence-electron chi connectivity index (χ0n) is 20.1. The summed E-state index contributed by atoms with van der Waals surface area (Å²) in [5.41, 5.74) is -0.753. The number of carbonyl (C=O) groups is 3. The van der Waals surface area contributed by atoms with Crippen molar-refractivity contribution in [2.45, 2.75) is 19.5 Å². The van der Waals surface area contributed by atoms with Crippen LogP contribution in [0, 0.1) is 6.92 Å². The molecule has 36 heavy (non-hydrogen) atoms. The summed E-state index contributed by atoms with van der Waals surface area (Å²) in [6.07, 6.45) is 0. The molecule has 0 spiro atoms. The van der Waals surface area contributed by atoms with Gasteiger partial charge in [0.25, 0.3) is 11.4 Å². The molecular formula is C28H26N2O6. The van der Waals surface area contributed by atoms with Crippen molar-refractivity contribution >= 4 is 34.8 Å². The highest BCUT2D eigenvalue weighted by molar-refractivity contribution is 6.54. The van der Waals surface area contributed by atoms with E-state index in [1.54, 1.807) is 78.9 Å². The largest absolute Gasteiger partial charge is 0.507 e. The molecule has 3 aromatic carbocycles. The number of Topliss-reactive ketones (excluding diaryl/α,β-unsaturated/α-hetero) is 1. The van der Waals surface area contributed by atoms with Gasteiger partial charge >= 0.3 is 11.9 Å². The Kier molecular flexibility index (Phi) is 6.78. The van der Waals surface area contributed by atoms with Crippen LogP contribution in [0.1, 0.15) is 18.1 Å². The third-order valence-electron chi connectivity index (χ3n) is 5.87. The average Bonchev–Trinajstić information content (AvgIpc) is 3.12. The normalized spacial score (nSPS) is 18.7. The number of rotatable bonds is 7. The summed E-state index contributed by atoms with van der Waals surface area (Å²) in [5, 5.41) is 14.4. The Hall–Kier alpha value is -4.59. The highest BCUT2D eigenvalue weighted by atomic mass is 16.5. The van der Waals surface area contributed by atoms with Crippen molar-refractivity contribution in [3.63, 3.8) is 0 Å². The number of benzene rings is 3. The molecular weight excluding hydrogens is 460 g/mol. The summed E-state index contributed by atoms with van der Waals surface area (Å²) >= 11 is 0. The van der Waals surface area contributed by atoms with Crippen molar-refractivity contribution in [1.82, 2.24) is 0 Å². The third-order valence-corrected chi connectivity index (χ3v) is 5.87. The molecule has 0 aliphatic carbocycles. The number of anilines is 2. The number of nitrogens with one attached hydrogen (secondary N) is 1. The van der Waals surface area contributed by atoms with Gasteiger partial charge in [-0.05, 0) is 50.2 Å². The molecule has 1 atom stereocenters. The number of hydrogen-bond acceptors (Lipinski definition) is 7. The van der Waals surface area contributed by atoms with E-state index in [1.165, 1.54) is 0 Å². The highest BCUT2D eigenvalue weighted by Gasteiger charge is 2.63. The number of nitrogens with zero attached hydrogens (tertiary/aromatic N) is 1. The number of ether oxygens (including phenoxy) is 2. The third kappa shape index (κ3) is 4.17. The molecule has 0 saturated carbocycles. The first kappa shape index (κ1) is 24.5. The fourth-order valence-corrected chi connectivity index (χ4v) is 4.18. The van der Waals surface area contributed by atoms with E-state index in [0.717, 1.165) is 17.6 Å². The summed E-state index contributed by atoms with van der Waals surface area (Å²) in [5.74, 6) is -2.87. The molecule has 1 saturated heterocycles. The van der Waals surface area contributed by atoms with E-state index in [2.05, 4.69) is 5.32 Å². The Morgan fingerprint density at radius 3 is 2.19 bits per heavy atom. The van der Waals surface area contributed by atoms with Gasteiger partial charge in [0.2, 0.25) is 0 Å². The SMILES string of the molecule is CCOc1ccc(NC2(C(=O)OC)/C(=C(/O)c3ccc(C)cc3)C(=O)C(=O)N2c2ccccc2)cc1. The highest BCUT2D eigenvalue weighted by Crippen LogP contribution is 2.42. The number of hydrogen-bond donors (Lipinski definition) is 2. The summed E-state index contributed by atoms with van der Waals surface area (Å²) in [4.78, 5) is 41.5. The predicted molar refractivity (Wildman–Crippen MR) is 136 cm³/mol. The van der Waals surface area contributed by atoms with Gasteiger partial charge in [0, 0.05) is 16.9 Å². The molecule has 1 heterocycles. The quantitative estimate of drug-likeness (QED) is 0.223. The van der Waals surface area contributed by atoms with E-state index in [4.69, 9.17) is 9.47 Å². The minimum Gasteiger partial charge on any atom is -0.507 e. The van der Waals surface area contributed by atoms with Crippen molar-refractivity contribution in [2.24, 2.45) is 0 Å². The lowest BCUT2D eigenvalue weighted by Gasteiger charge is -2.37. The second kappa shape index (κ2) is 9.95. The average molecular weight is 487 g/mol. The maximum Gasteiger partial charge on any atom is 0.358 e. The number of esters is 1. The number of aliphatic hydroxyl groups excluding tert-OH is 1. The molecule has 0 bridgehead atoms. The fraction of sp³-hybridized carbons (Fsp3) is 0.179. The molecule has 1 aliphatic rings. The number of carbonyl (C=O) groups excluding carboxylic acids is 3. The molecule has 184 valence electrons. The minimum absolute atomic E-state index is 0.270. The molecule has 1 aliphatic heterocycles. The van der Waals surface area contributed by atoms with Crippen LogP contribution in [0.25, 0.3) is 5.76 Å². The van der Waals surface area contributed by atoms with Gasteiger partial charge in [0.15, 0.2) is 0 Å². The lowest BCUT2D eigenvalue weighted by Crippen LogP contribution is -2.59. The summed E-state index contributed by atoms with van der Waals surface area (Å²) in [6.45, 7) is 4.21. The van der Waals surface area contributed by atoms with E-state index in [0.29, 0.717) is 18.0 Å². The van der Waals surface area contributed by atoms with Crippen LogP contribution >= 0.6 is 0 Å². The standard InChI is InChI=1S/C28H26N2O6/c1-4-36-22-16-14-20(15-17-22)29-28(27(34)35-3)23(24(31)19-12-10-18(2)11-13-19)25(32)26(33)30(28)21-8-6-5-7-9-21/h5-17,29,31H,4H2,1-3H3/b24-23+. The van der Waals surface area contributed by atoms with Crippen LogP contribution in [0.2, 0.25) is 0 Å². The second-order valence-corrected chi connectivity index (χ2v) is 8.18. The van der Waals surface area contributed by atoms with Crippen molar-refractivity contribution < 1.29 is 29.0 Å². The zero-order valence-corrected chi connectivity index (χ0v) is 20.1. The number of ketones is 1. The van der Waals surface area contributed by atoms with Crippen LogP contribution in [0.15, 0.2) is 84.4 Å². The lowest BCUT2D eigenvalue weighted by molar-refractivity contribution is -0.145. The summed E-state index contributed by atoms with van der Waals surface area (Å²) < 4.78 is 10.6. The van der Waals surface area contributed by atoms with E-state index in [9.17, 15) is 19.5 Å². The Balaban J connectivity index is 1.99.